The molecule has 1 aliphatic heterocycles. The van der Waals surface area contributed by atoms with Gasteiger partial charge in [0.2, 0.25) is 0 Å². The van der Waals surface area contributed by atoms with Gasteiger partial charge in [-0.3, -0.25) is 4.79 Å². The summed E-state index contributed by atoms with van der Waals surface area (Å²) in [5.74, 6) is 0.153. The van der Waals surface area contributed by atoms with Gasteiger partial charge in [0.05, 0.1) is 0 Å². The summed E-state index contributed by atoms with van der Waals surface area (Å²) in [6.45, 7) is 9.36. The Morgan fingerprint density at radius 3 is 2.53 bits per heavy atom. The van der Waals surface area contributed by atoms with Crippen molar-refractivity contribution in [1.29, 1.82) is 0 Å². The van der Waals surface area contributed by atoms with Crippen LogP contribution in [0.4, 0.5) is 0 Å². The van der Waals surface area contributed by atoms with Crippen LogP contribution in [0.2, 0.25) is 0 Å². The van der Waals surface area contributed by atoms with Crippen LogP contribution in [0.25, 0.3) is 0 Å². The molecule has 1 saturated heterocycles. The third-order valence-electron chi connectivity index (χ3n) is 2.69. The zero-order chi connectivity index (χ0) is 11.3. The third-order valence-corrected chi connectivity index (χ3v) is 2.69. The van der Waals surface area contributed by atoms with E-state index in [1.165, 1.54) is 0 Å². The van der Waals surface area contributed by atoms with Crippen molar-refractivity contribution in [3.63, 3.8) is 0 Å². The van der Waals surface area contributed by atoms with E-state index in [1.807, 2.05) is 13.8 Å². The van der Waals surface area contributed by atoms with Gasteiger partial charge in [-0.2, -0.15) is 0 Å². The monoisotopic (exact) mass is 212 g/mol. The van der Waals surface area contributed by atoms with Gasteiger partial charge in [0.25, 0.3) is 0 Å². The number of ether oxygens (including phenoxy) is 2. The van der Waals surface area contributed by atoms with Crippen LogP contribution in [0.1, 0.15) is 33.1 Å². The maximum atomic E-state index is 12.1. The maximum absolute atomic E-state index is 12.1. The minimum atomic E-state index is -0.605. The molecule has 86 valence electrons. The maximum Gasteiger partial charge on any atom is 0.168 e. The molecule has 0 atom stereocenters. The van der Waals surface area contributed by atoms with Gasteiger partial charge < -0.3 is 9.47 Å². The molecule has 0 aromatic rings. The Morgan fingerprint density at radius 1 is 1.47 bits per heavy atom. The lowest BCUT2D eigenvalue weighted by atomic mass is 9.86. The molecule has 0 spiro atoms. The highest BCUT2D eigenvalue weighted by atomic mass is 16.5. The molecule has 0 amide bonds. The molecule has 3 nitrogen and oxygen atoms in total. The molecule has 0 saturated carbocycles. The Labute approximate surface area is 91.4 Å². The fraction of sp³-hybridized carbons (Fsp3) is 0.750. The summed E-state index contributed by atoms with van der Waals surface area (Å²) in [6, 6.07) is 0. The lowest BCUT2D eigenvalue weighted by Gasteiger charge is -2.35. The minimum Gasteiger partial charge on any atom is -0.381 e. The quantitative estimate of drug-likeness (QED) is 0.655. The zero-order valence-electron chi connectivity index (χ0n) is 9.67. The number of hydrogen-bond acceptors (Lipinski definition) is 3. The topological polar surface area (TPSA) is 35.5 Å². The molecule has 0 aromatic carbocycles. The van der Waals surface area contributed by atoms with Crippen molar-refractivity contribution in [3.8, 4) is 0 Å². The standard InChI is InChI=1S/C12H20O3/c1-4-15-12(5-7-14-8-6-12)11(13)9-10(2)3/h2,4-9H2,1,3H3. The largest absolute Gasteiger partial charge is 0.381 e. The van der Waals surface area contributed by atoms with Crippen LogP contribution < -0.4 is 0 Å². The molecular formula is C12H20O3. The van der Waals surface area contributed by atoms with Crippen LogP contribution in [-0.2, 0) is 14.3 Å². The van der Waals surface area contributed by atoms with Crippen LogP contribution in [0.3, 0.4) is 0 Å². The van der Waals surface area contributed by atoms with E-state index < -0.39 is 5.60 Å². The Bertz CT molecular complexity index is 234. The highest BCUT2D eigenvalue weighted by Gasteiger charge is 2.39. The van der Waals surface area contributed by atoms with Crippen molar-refractivity contribution in [2.75, 3.05) is 19.8 Å². The molecule has 15 heavy (non-hydrogen) atoms. The van der Waals surface area contributed by atoms with Gasteiger partial charge in [-0.15, -0.1) is 0 Å². The number of Topliss-reactive ketones (excluding diaryl/α,β-unsaturated/α-hetero) is 1. The molecular weight excluding hydrogens is 192 g/mol. The molecule has 1 heterocycles. The minimum absolute atomic E-state index is 0.153. The van der Waals surface area contributed by atoms with Crippen LogP contribution >= 0.6 is 0 Å². The molecule has 1 rings (SSSR count). The van der Waals surface area contributed by atoms with Crippen LogP contribution in [-0.4, -0.2) is 31.2 Å². The van der Waals surface area contributed by atoms with Gasteiger partial charge in [0, 0.05) is 39.1 Å². The molecule has 0 bridgehead atoms. The normalized spacial score (nSPS) is 19.9. The van der Waals surface area contributed by atoms with Crippen molar-refractivity contribution in [2.24, 2.45) is 0 Å². The number of ketones is 1. The second-order valence-electron chi connectivity index (χ2n) is 4.10. The number of rotatable bonds is 5. The van der Waals surface area contributed by atoms with Crippen molar-refractivity contribution < 1.29 is 14.3 Å². The first-order chi connectivity index (χ1) is 7.10. The summed E-state index contributed by atoms with van der Waals surface area (Å²) in [6.07, 6.45) is 1.76. The van der Waals surface area contributed by atoms with E-state index in [0.717, 1.165) is 5.57 Å². The predicted octanol–water partition coefficient (Wildman–Crippen LogP) is 2.11. The molecule has 3 heteroatoms. The van der Waals surface area contributed by atoms with Gasteiger partial charge in [-0.05, 0) is 13.8 Å². The summed E-state index contributed by atoms with van der Waals surface area (Å²) in [4.78, 5) is 12.1. The Hall–Kier alpha value is -0.670. The van der Waals surface area contributed by atoms with Crippen molar-refractivity contribution in [3.05, 3.63) is 12.2 Å². The molecule has 1 fully saturated rings. The Balaban J connectivity index is 2.70. The predicted molar refractivity (Wildman–Crippen MR) is 58.8 cm³/mol. The molecule has 0 aromatic heterocycles. The third kappa shape index (κ3) is 3.14. The van der Waals surface area contributed by atoms with Crippen molar-refractivity contribution in [2.45, 2.75) is 38.7 Å². The molecule has 0 N–H and O–H groups in total. The van der Waals surface area contributed by atoms with Gasteiger partial charge in [-0.1, -0.05) is 12.2 Å². The van der Waals surface area contributed by atoms with Crippen LogP contribution in [0, 0.1) is 0 Å². The first-order valence-electron chi connectivity index (χ1n) is 5.50. The first kappa shape index (κ1) is 12.4. The van der Waals surface area contributed by atoms with Gasteiger partial charge in [0.15, 0.2) is 5.78 Å². The highest BCUT2D eigenvalue weighted by Crippen LogP contribution is 2.28. The molecule has 1 aliphatic rings. The summed E-state index contributed by atoms with van der Waals surface area (Å²) < 4.78 is 10.9. The van der Waals surface area contributed by atoms with Gasteiger partial charge in [0.1, 0.15) is 5.60 Å². The van der Waals surface area contributed by atoms with E-state index in [4.69, 9.17) is 9.47 Å². The SMILES string of the molecule is C=C(C)CC(=O)C1(OCC)CCOCC1. The van der Waals surface area contributed by atoms with E-state index >= 15 is 0 Å². The van der Waals surface area contributed by atoms with E-state index in [1.54, 1.807) is 0 Å². The molecule has 0 unspecified atom stereocenters. The fourth-order valence-electron chi connectivity index (χ4n) is 1.92. The van der Waals surface area contributed by atoms with E-state index in [-0.39, 0.29) is 5.78 Å². The van der Waals surface area contributed by atoms with E-state index in [9.17, 15) is 4.79 Å². The Kier molecular flexibility index (Phi) is 4.48. The highest BCUT2D eigenvalue weighted by molar-refractivity contribution is 5.89. The molecule has 0 radical (unpaired) electrons. The number of allylic oxidation sites excluding steroid dienone is 1. The lowest BCUT2D eigenvalue weighted by Crippen LogP contribution is -2.46. The first-order valence-corrected chi connectivity index (χ1v) is 5.50. The van der Waals surface area contributed by atoms with Crippen LogP contribution in [0.5, 0.6) is 0 Å². The van der Waals surface area contributed by atoms with Crippen LogP contribution in [0.15, 0.2) is 12.2 Å². The van der Waals surface area contributed by atoms with Crippen molar-refractivity contribution in [1.82, 2.24) is 0 Å². The van der Waals surface area contributed by atoms with Gasteiger partial charge >= 0.3 is 0 Å². The summed E-state index contributed by atoms with van der Waals surface area (Å²) in [5.41, 5.74) is 0.289. The van der Waals surface area contributed by atoms with Crippen molar-refractivity contribution >= 4 is 5.78 Å². The number of carbonyl (C=O) groups is 1. The second-order valence-corrected chi connectivity index (χ2v) is 4.10. The number of carbonyl (C=O) groups excluding carboxylic acids is 1. The zero-order valence-corrected chi connectivity index (χ0v) is 9.67. The smallest absolute Gasteiger partial charge is 0.168 e. The summed E-state index contributed by atoms with van der Waals surface area (Å²) in [7, 11) is 0. The fourth-order valence-corrected chi connectivity index (χ4v) is 1.92. The van der Waals surface area contributed by atoms with Gasteiger partial charge in [-0.25, -0.2) is 0 Å². The lowest BCUT2D eigenvalue weighted by molar-refractivity contribution is -0.156. The average Bonchev–Trinajstić information content (AvgIpc) is 2.18. The Morgan fingerprint density at radius 2 is 2.07 bits per heavy atom. The summed E-state index contributed by atoms with van der Waals surface area (Å²) >= 11 is 0. The van der Waals surface area contributed by atoms with E-state index in [2.05, 4.69) is 6.58 Å². The average molecular weight is 212 g/mol. The number of hydrogen-bond donors (Lipinski definition) is 0. The summed E-state index contributed by atoms with van der Waals surface area (Å²) in [5, 5.41) is 0. The van der Waals surface area contributed by atoms with E-state index in [0.29, 0.717) is 39.1 Å². The second kappa shape index (κ2) is 5.42. The molecule has 0 aliphatic carbocycles.